The molecule has 1 saturated heterocycles. The van der Waals surface area contributed by atoms with Crippen molar-refractivity contribution in [3.05, 3.63) is 28.3 Å². The molecular weight excluding hydrogens is 408 g/mol. The summed E-state index contributed by atoms with van der Waals surface area (Å²) in [7, 11) is -3.80. The van der Waals surface area contributed by atoms with Crippen molar-refractivity contribution in [1.82, 2.24) is 9.62 Å². The van der Waals surface area contributed by atoms with E-state index >= 15 is 0 Å². The Balaban J connectivity index is 1.68. The van der Waals surface area contributed by atoms with Crippen molar-refractivity contribution < 1.29 is 18.1 Å². The second-order valence-electron chi connectivity index (χ2n) is 8.39. The van der Waals surface area contributed by atoms with E-state index in [1.807, 2.05) is 0 Å². The van der Waals surface area contributed by atoms with Crippen molar-refractivity contribution in [2.24, 2.45) is 5.92 Å². The Morgan fingerprint density at radius 1 is 1.23 bits per heavy atom. The molecule has 1 aliphatic heterocycles. The van der Waals surface area contributed by atoms with Crippen molar-refractivity contribution in [1.29, 1.82) is 0 Å². The second-order valence-corrected chi connectivity index (χ2v) is 10.1. The van der Waals surface area contributed by atoms with Gasteiger partial charge in [-0.05, 0) is 50.7 Å². The average Bonchev–Trinajstić information content (AvgIpc) is 2.74. The van der Waals surface area contributed by atoms with Gasteiger partial charge < -0.3 is 10.1 Å². The molecule has 0 amide bonds. The van der Waals surface area contributed by atoms with Gasteiger partial charge in [-0.2, -0.15) is 0 Å². The molecule has 0 bridgehead atoms. The van der Waals surface area contributed by atoms with E-state index in [9.17, 15) is 18.5 Å². The number of nitrogens with zero attached hydrogens (tertiary/aromatic N) is 2. The highest BCUT2D eigenvalue weighted by atomic mass is 32.2. The number of hydrogen-bond acceptors (Lipinski definition) is 7. The van der Waals surface area contributed by atoms with Gasteiger partial charge in [0.25, 0.3) is 5.69 Å². The first-order valence-electron chi connectivity index (χ1n) is 10.6. The van der Waals surface area contributed by atoms with Gasteiger partial charge >= 0.3 is 0 Å². The predicted octanol–water partition coefficient (Wildman–Crippen LogP) is 2.58. The molecule has 1 aromatic carbocycles. The largest absolute Gasteiger partial charge is 0.379 e. The van der Waals surface area contributed by atoms with Crippen LogP contribution in [0.15, 0.2) is 23.1 Å². The molecule has 168 valence electrons. The summed E-state index contributed by atoms with van der Waals surface area (Å²) in [5.41, 5.74) is 0.0925. The lowest BCUT2D eigenvalue weighted by molar-refractivity contribution is -0.384. The van der Waals surface area contributed by atoms with Crippen LogP contribution in [0.25, 0.3) is 0 Å². The molecular formula is C20H32N4O5S. The zero-order valence-corrected chi connectivity index (χ0v) is 18.5. The van der Waals surface area contributed by atoms with Crippen molar-refractivity contribution in [2.75, 3.05) is 38.2 Å². The summed E-state index contributed by atoms with van der Waals surface area (Å²) in [6.45, 7) is 7.76. The molecule has 1 unspecified atom stereocenters. The molecule has 30 heavy (non-hydrogen) atoms. The molecule has 3 rings (SSSR count). The Bertz CT molecular complexity index is 834. The highest BCUT2D eigenvalue weighted by Gasteiger charge is 2.27. The number of nitro groups is 1. The summed E-state index contributed by atoms with van der Waals surface area (Å²) in [6, 6.07) is 4.13. The minimum Gasteiger partial charge on any atom is -0.379 e. The van der Waals surface area contributed by atoms with Crippen LogP contribution in [0.1, 0.15) is 39.5 Å². The summed E-state index contributed by atoms with van der Waals surface area (Å²) in [6.07, 6.45) is 3.55. The van der Waals surface area contributed by atoms with E-state index in [-0.39, 0.29) is 22.7 Å². The number of anilines is 1. The van der Waals surface area contributed by atoms with Crippen LogP contribution in [0.3, 0.4) is 0 Å². The first kappa shape index (κ1) is 22.9. The maximum atomic E-state index is 12.8. The van der Waals surface area contributed by atoms with E-state index in [0.717, 1.165) is 44.8 Å². The summed E-state index contributed by atoms with van der Waals surface area (Å²) in [5, 5.41) is 14.7. The highest BCUT2D eigenvalue weighted by molar-refractivity contribution is 7.89. The van der Waals surface area contributed by atoms with E-state index < -0.39 is 14.9 Å². The molecule has 1 heterocycles. The first-order chi connectivity index (χ1) is 14.3. The summed E-state index contributed by atoms with van der Waals surface area (Å²) in [5.74, 6) is 0.608. The Morgan fingerprint density at radius 2 is 1.90 bits per heavy atom. The number of ether oxygens (including phenoxy) is 1. The lowest BCUT2D eigenvalue weighted by atomic mass is 9.88. The molecule has 2 aliphatic rings. The fraction of sp³-hybridized carbons (Fsp3) is 0.700. The van der Waals surface area contributed by atoms with E-state index in [1.54, 1.807) is 0 Å². The average molecular weight is 441 g/mol. The number of benzene rings is 1. The van der Waals surface area contributed by atoms with Gasteiger partial charge in [0.1, 0.15) is 5.69 Å². The second kappa shape index (κ2) is 10.0. The third kappa shape index (κ3) is 5.90. The molecule has 2 N–H and O–H groups in total. The maximum absolute atomic E-state index is 12.8. The monoisotopic (exact) mass is 440 g/mol. The minimum atomic E-state index is -3.80. The van der Waals surface area contributed by atoms with E-state index in [1.165, 1.54) is 12.1 Å². The van der Waals surface area contributed by atoms with Gasteiger partial charge in [-0.25, -0.2) is 13.1 Å². The number of rotatable bonds is 8. The van der Waals surface area contributed by atoms with Crippen LogP contribution in [0.5, 0.6) is 0 Å². The van der Waals surface area contributed by atoms with Crippen molar-refractivity contribution in [2.45, 2.75) is 56.5 Å². The van der Waals surface area contributed by atoms with Crippen LogP contribution in [0.4, 0.5) is 11.4 Å². The fourth-order valence-corrected chi connectivity index (χ4v) is 5.37. The minimum absolute atomic E-state index is 0.0698. The maximum Gasteiger partial charge on any atom is 0.293 e. The van der Waals surface area contributed by atoms with Crippen LogP contribution in [0, 0.1) is 16.0 Å². The Hall–Kier alpha value is -1.75. The predicted molar refractivity (Wildman–Crippen MR) is 115 cm³/mol. The molecule has 0 spiro atoms. The third-order valence-electron chi connectivity index (χ3n) is 6.07. The van der Waals surface area contributed by atoms with E-state index in [4.69, 9.17) is 4.74 Å². The zero-order chi connectivity index (χ0) is 21.7. The summed E-state index contributed by atoms with van der Waals surface area (Å²) in [4.78, 5) is 13.2. The number of sulfonamides is 1. The van der Waals surface area contributed by atoms with Crippen LogP contribution < -0.4 is 10.0 Å². The van der Waals surface area contributed by atoms with Gasteiger partial charge in [0, 0.05) is 37.8 Å². The van der Waals surface area contributed by atoms with Gasteiger partial charge in [0.2, 0.25) is 10.0 Å². The van der Waals surface area contributed by atoms with Crippen molar-refractivity contribution in [3.8, 4) is 0 Å². The lowest BCUT2D eigenvalue weighted by Crippen LogP contribution is -2.45. The number of nitro benzene ring substituents is 1. The molecule has 9 nitrogen and oxygen atoms in total. The SMILES string of the molecule is CC1CCC(NS(=O)(=O)c2ccc(NCC(C)N3CCOCC3)c([N+](=O)[O-])c2)CC1. The van der Waals surface area contributed by atoms with E-state index in [2.05, 4.69) is 28.8 Å². The van der Waals surface area contributed by atoms with Crippen molar-refractivity contribution in [3.63, 3.8) is 0 Å². The molecule has 1 saturated carbocycles. The molecule has 1 aromatic rings. The number of hydrogen-bond donors (Lipinski definition) is 2. The van der Waals surface area contributed by atoms with Gasteiger partial charge in [0.05, 0.1) is 23.0 Å². The molecule has 2 fully saturated rings. The van der Waals surface area contributed by atoms with Crippen LogP contribution in [0.2, 0.25) is 0 Å². The van der Waals surface area contributed by atoms with Crippen LogP contribution in [-0.2, 0) is 14.8 Å². The summed E-state index contributed by atoms with van der Waals surface area (Å²) >= 11 is 0. The number of nitrogens with one attached hydrogen (secondary N) is 2. The van der Waals surface area contributed by atoms with Crippen LogP contribution in [-0.4, -0.2) is 63.2 Å². The number of morpholine rings is 1. The Morgan fingerprint density at radius 3 is 2.53 bits per heavy atom. The standard InChI is InChI=1S/C20H32N4O5S/c1-15-3-5-17(6-4-15)22-30(27,28)18-7-8-19(20(13-18)24(25)26)21-14-16(2)23-9-11-29-12-10-23/h7-8,13,15-17,21-22H,3-6,9-12,14H2,1-2H3. The quantitative estimate of drug-likeness (QED) is 0.472. The van der Waals surface area contributed by atoms with E-state index in [0.29, 0.717) is 31.4 Å². The molecule has 1 aliphatic carbocycles. The lowest BCUT2D eigenvalue weighted by Gasteiger charge is -2.32. The van der Waals surface area contributed by atoms with Gasteiger partial charge in [-0.15, -0.1) is 0 Å². The zero-order valence-electron chi connectivity index (χ0n) is 17.7. The van der Waals surface area contributed by atoms with Gasteiger partial charge in [-0.1, -0.05) is 6.92 Å². The fourth-order valence-electron chi connectivity index (χ4n) is 4.05. The Kier molecular flexibility index (Phi) is 7.67. The molecule has 1 atom stereocenters. The van der Waals surface area contributed by atoms with Crippen molar-refractivity contribution >= 4 is 21.4 Å². The van der Waals surface area contributed by atoms with Gasteiger partial charge in [-0.3, -0.25) is 15.0 Å². The summed E-state index contributed by atoms with van der Waals surface area (Å²) < 4.78 is 33.6. The van der Waals surface area contributed by atoms with Gasteiger partial charge in [0.15, 0.2) is 0 Å². The van der Waals surface area contributed by atoms with Crippen LogP contribution >= 0.6 is 0 Å². The first-order valence-corrected chi connectivity index (χ1v) is 12.1. The smallest absolute Gasteiger partial charge is 0.293 e. The topological polar surface area (TPSA) is 114 Å². The molecule has 10 heteroatoms. The highest BCUT2D eigenvalue weighted by Crippen LogP contribution is 2.29. The third-order valence-corrected chi connectivity index (χ3v) is 7.59. The molecule has 0 radical (unpaired) electrons. The normalized spacial score (nSPS) is 24.3. The molecule has 0 aromatic heterocycles. The Labute approximate surface area is 178 Å².